The third kappa shape index (κ3) is 3.26. The fourth-order valence-corrected chi connectivity index (χ4v) is 1.70. The summed E-state index contributed by atoms with van der Waals surface area (Å²) in [6, 6.07) is 3.57. The van der Waals surface area contributed by atoms with Crippen molar-refractivity contribution in [1.82, 2.24) is 9.97 Å². The summed E-state index contributed by atoms with van der Waals surface area (Å²) in [5, 5.41) is 2.96. The average Bonchev–Trinajstić information content (AvgIpc) is 2.38. The third-order valence-corrected chi connectivity index (χ3v) is 3.04. The Morgan fingerprint density at radius 1 is 1.10 bits per heavy atom. The number of anilines is 3. The Hall–Kier alpha value is -2.24. The van der Waals surface area contributed by atoms with E-state index in [1.165, 1.54) is 6.07 Å². The molecule has 0 saturated carbocycles. The summed E-state index contributed by atoms with van der Waals surface area (Å²) in [6.45, 7) is 7.68. The minimum absolute atomic E-state index is 0.272. The predicted octanol–water partition coefficient (Wildman–Crippen LogP) is 3.69. The standard InChI is InChI=1S/C15H18F2N4/c1-8-12(18)20-14(15(2,3)4)21-13(8)19-9-5-6-10(16)11(17)7-9/h5-7H,1-4H3,(H3,18,19,20,21). The molecule has 0 aliphatic rings. The molecule has 4 nitrogen and oxygen atoms in total. The number of aromatic nitrogens is 2. The van der Waals surface area contributed by atoms with Gasteiger partial charge in [0, 0.05) is 22.7 Å². The van der Waals surface area contributed by atoms with E-state index in [0.29, 0.717) is 28.7 Å². The highest BCUT2D eigenvalue weighted by molar-refractivity contribution is 5.63. The lowest BCUT2D eigenvalue weighted by atomic mass is 9.95. The Morgan fingerprint density at radius 2 is 1.76 bits per heavy atom. The van der Waals surface area contributed by atoms with Crippen LogP contribution in [0.5, 0.6) is 0 Å². The molecule has 0 spiro atoms. The van der Waals surface area contributed by atoms with Crippen molar-refractivity contribution in [3.05, 3.63) is 41.2 Å². The van der Waals surface area contributed by atoms with Crippen LogP contribution in [0.15, 0.2) is 18.2 Å². The van der Waals surface area contributed by atoms with Crippen molar-refractivity contribution in [1.29, 1.82) is 0 Å². The number of nitrogens with two attached hydrogens (primary N) is 1. The molecule has 0 atom stereocenters. The highest BCUT2D eigenvalue weighted by Gasteiger charge is 2.20. The van der Waals surface area contributed by atoms with Crippen molar-refractivity contribution >= 4 is 17.3 Å². The molecule has 0 amide bonds. The van der Waals surface area contributed by atoms with Gasteiger partial charge in [-0.2, -0.15) is 0 Å². The maximum Gasteiger partial charge on any atom is 0.160 e. The Balaban J connectivity index is 2.43. The van der Waals surface area contributed by atoms with Crippen molar-refractivity contribution in [2.75, 3.05) is 11.1 Å². The molecule has 21 heavy (non-hydrogen) atoms. The Kier molecular flexibility index (Phi) is 3.80. The molecular weight excluding hydrogens is 274 g/mol. The summed E-state index contributed by atoms with van der Waals surface area (Å²) >= 11 is 0. The molecule has 2 aromatic rings. The van der Waals surface area contributed by atoms with Gasteiger partial charge in [0.25, 0.3) is 0 Å². The molecule has 1 aromatic heterocycles. The first-order chi connectivity index (χ1) is 9.68. The molecule has 112 valence electrons. The molecule has 1 aromatic carbocycles. The second kappa shape index (κ2) is 5.27. The fourth-order valence-electron chi connectivity index (χ4n) is 1.70. The molecule has 0 unspecified atom stereocenters. The van der Waals surface area contributed by atoms with E-state index in [4.69, 9.17) is 5.73 Å². The number of nitrogens with zero attached hydrogens (tertiary/aromatic N) is 2. The van der Waals surface area contributed by atoms with Gasteiger partial charge in [-0.25, -0.2) is 18.7 Å². The summed E-state index contributed by atoms with van der Waals surface area (Å²) in [7, 11) is 0. The predicted molar refractivity (Wildman–Crippen MR) is 79.5 cm³/mol. The zero-order chi connectivity index (χ0) is 15.8. The van der Waals surface area contributed by atoms with Gasteiger partial charge in [-0.1, -0.05) is 20.8 Å². The normalized spacial score (nSPS) is 11.5. The number of hydrogen-bond acceptors (Lipinski definition) is 4. The second-order valence-electron chi connectivity index (χ2n) is 5.91. The van der Waals surface area contributed by atoms with Gasteiger partial charge in [0.05, 0.1) is 0 Å². The smallest absolute Gasteiger partial charge is 0.160 e. The molecule has 6 heteroatoms. The third-order valence-electron chi connectivity index (χ3n) is 3.04. The van der Waals surface area contributed by atoms with Crippen molar-refractivity contribution in [2.24, 2.45) is 0 Å². The zero-order valence-electron chi connectivity index (χ0n) is 12.5. The van der Waals surface area contributed by atoms with Crippen LogP contribution in [-0.4, -0.2) is 9.97 Å². The topological polar surface area (TPSA) is 63.8 Å². The fraction of sp³-hybridized carbons (Fsp3) is 0.333. The van der Waals surface area contributed by atoms with E-state index < -0.39 is 11.6 Å². The minimum atomic E-state index is -0.921. The lowest BCUT2D eigenvalue weighted by Crippen LogP contribution is -2.18. The molecule has 0 saturated heterocycles. The summed E-state index contributed by atoms with van der Waals surface area (Å²) in [4.78, 5) is 8.70. The summed E-state index contributed by atoms with van der Waals surface area (Å²) in [5.41, 5.74) is 6.69. The number of nitrogens with one attached hydrogen (secondary N) is 1. The van der Waals surface area contributed by atoms with Crippen LogP contribution in [0, 0.1) is 18.6 Å². The van der Waals surface area contributed by atoms with Gasteiger partial charge in [-0.05, 0) is 19.1 Å². The maximum absolute atomic E-state index is 13.3. The monoisotopic (exact) mass is 292 g/mol. The molecular formula is C15H18F2N4. The molecule has 0 aliphatic carbocycles. The van der Waals surface area contributed by atoms with Crippen LogP contribution >= 0.6 is 0 Å². The van der Waals surface area contributed by atoms with Crippen LogP contribution in [0.1, 0.15) is 32.2 Å². The Labute approximate surface area is 122 Å². The first-order valence-corrected chi connectivity index (χ1v) is 6.55. The van der Waals surface area contributed by atoms with E-state index in [1.807, 2.05) is 20.8 Å². The molecule has 1 heterocycles. The first-order valence-electron chi connectivity index (χ1n) is 6.55. The molecule has 3 N–H and O–H groups in total. The van der Waals surface area contributed by atoms with Crippen molar-refractivity contribution in [3.8, 4) is 0 Å². The molecule has 2 rings (SSSR count). The van der Waals surface area contributed by atoms with Gasteiger partial charge in [-0.15, -0.1) is 0 Å². The van der Waals surface area contributed by atoms with Gasteiger partial charge in [0.2, 0.25) is 0 Å². The van der Waals surface area contributed by atoms with Gasteiger partial charge >= 0.3 is 0 Å². The van der Waals surface area contributed by atoms with Crippen LogP contribution in [-0.2, 0) is 5.41 Å². The van der Waals surface area contributed by atoms with E-state index in [2.05, 4.69) is 15.3 Å². The van der Waals surface area contributed by atoms with E-state index in [9.17, 15) is 8.78 Å². The van der Waals surface area contributed by atoms with Crippen molar-refractivity contribution < 1.29 is 8.78 Å². The quantitative estimate of drug-likeness (QED) is 0.886. The number of hydrogen-bond donors (Lipinski definition) is 2. The van der Waals surface area contributed by atoms with E-state index in [0.717, 1.165) is 12.1 Å². The van der Waals surface area contributed by atoms with Crippen LogP contribution in [0.25, 0.3) is 0 Å². The zero-order valence-corrected chi connectivity index (χ0v) is 12.5. The minimum Gasteiger partial charge on any atom is -0.383 e. The largest absolute Gasteiger partial charge is 0.383 e. The molecule has 0 fully saturated rings. The number of benzene rings is 1. The maximum atomic E-state index is 13.3. The molecule has 0 radical (unpaired) electrons. The summed E-state index contributed by atoms with van der Waals surface area (Å²) in [5.74, 6) is -0.389. The van der Waals surface area contributed by atoms with E-state index in [-0.39, 0.29) is 5.41 Å². The van der Waals surface area contributed by atoms with Crippen LogP contribution < -0.4 is 11.1 Å². The molecule has 0 aliphatic heterocycles. The van der Waals surface area contributed by atoms with Crippen molar-refractivity contribution in [3.63, 3.8) is 0 Å². The van der Waals surface area contributed by atoms with Crippen LogP contribution in [0.4, 0.5) is 26.1 Å². The van der Waals surface area contributed by atoms with E-state index >= 15 is 0 Å². The van der Waals surface area contributed by atoms with Gasteiger partial charge in [0.15, 0.2) is 11.6 Å². The second-order valence-corrected chi connectivity index (χ2v) is 5.91. The van der Waals surface area contributed by atoms with E-state index in [1.54, 1.807) is 6.92 Å². The van der Waals surface area contributed by atoms with Crippen molar-refractivity contribution in [2.45, 2.75) is 33.1 Å². The number of rotatable bonds is 2. The Morgan fingerprint density at radius 3 is 2.33 bits per heavy atom. The highest BCUT2D eigenvalue weighted by Crippen LogP contribution is 2.27. The molecule has 0 bridgehead atoms. The van der Waals surface area contributed by atoms with Crippen LogP contribution in [0.2, 0.25) is 0 Å². The lowest BCUT2D eigenvalue weighted by molar-refractivity contribution is 0.509. The average molecular weight is 292 g/mol. The summed E-state index contributed by atoms with van der Waals surface area (Å²) in [6.07, 6.45) is 0. The SMILES string of the molecule is Cc1c(N)nc(C(C)(C)C)nc1Nc1ccc(F)c(F)c1. The van der Waals surface area contributed by atoms with Gasteiger partial charge in [0.1, 0.15) is 17.5 Å². The number of halogens is 2. The summed E-state index contributed by atoms with van der Waals surface area (Å²) < 4.78 is 26.2. The van der Waals surface area contributed by atoms with Crippen LogP contribution in [0.3, 0.4) is 0 Å². The number of nitrogen functional groups attached to an aromatic ring is 1. The highest BCUT2D eigenvalue weighted by atomic mass is 19.2. The Bertz CT molecular complexity index is 678. The van der Waals surface area contributed by atoms with Gasteiger partial charge < -0.3 is 11.1 Å². The van der Waals surface area contributed by atoms with Gasteiger partial charge in [-0.3, -0.25) is 0 Å². The lowest BCUT2D eigenvalue weighted by Gasteiger charge is -2.19. The first kappa shape index (κ1) is 15.2.